The zero-order valence-corrected chi connectivity index (χ0v) is 7.39. The van der Waals surface area contributed by atoms with Gasteiger partial charge in [-0.05, 0) is 5.20 Å². The van der Waals surface area contributed by atoms with E-state index in [-0.39, 0.29) is 0 Å². The molecule has 0 heterocycles. The zero-order chi connectivity index (χ0) is 6.78. The molecule has 0 bridgehead atoms. The van der Waals surface area contributed by atoms with Crippen molar-refractivity contribution in [3.05, 3.63) is 24.4 Å². The van der Waals surface area contributed by atoms with E-state index in [2.05, 4.69) is 13.2 Å². The van der Waals surface area contributed by atoms with Gasteiger partial charge in [0.15, 0.2) is 0 Å². The van der Waals surface area contributed by atoms with Gasteiger partial charge >= 0.3 is 6.00 Å². The smallest absolute Gasteiger partial charge is 0.121 e. The summed E-state index contributed by atoms with van der Waals surface area (Å²) in [5.41, 5.74) is 0. The second-order valence-electron chi connectivity index (χ2n) is 1.23. The van der Waals surface area contributed by atoms with Crippen molar-refractivity contribution >= 4 is 39.2 Å². The molecule has 0 amide bonds. The molecule has 0 fully saturated rings. The van der Waals surface area contributed by atoms with Gasteiger partial charge in [-0.2, -0.15) is 0 Å². The molecule has 0 N–H and O–H groups in total. The number of halogens is 3. The van der Waals surface area contributed by atoms with Crippen LogP contribution in [0.2, 0.25) is 0 Å². The van der Waals surface area contributed by atoms with Gasteiger partial charge in [0.1, 0.15) is 0 Å². The number of allylic oxidation sites excluding steroid dienone is 2. The largest absolute Gasteiger partial charge is 0.372 e. The van der Waals surface area contributed by atoms with Crippen LogP contribution in [-0.4, -0.2) is 6.00 Å². The lowest BCUT2D eigenvalue weighted by atomic mass is 10.6. The highest BCUT2D eigenvalue weighted by Gasteiger charge is 2.26. The van der Waals surface area contributed by atoms with Crippen LogP contribution in [0.1, 0.15) is 0 Å². The fourth-order valence-corrected chi connectivity index (χ4v) is 1.04. The van der Waals surface area contributed by atoms with E-state index in [0.29, 0.717) is 5.20 Å². The highest BCUT2D eigenvalue weighted by atomic mass is 35.8. The van der Waals surface area contributed by atoms with Crippen LogP contribution in [0.5, 0.6) is 0 Å². The maximum atomic E-state index is 5.48. The van der Waals surface area contributed by atoms with Gasteiger partial charge in [-0.15, -0.1) is 33.2 Å². The highest BCUT2D eigenvalue weighted by Crippen LogP contribution is 2.27. The average Bonchev–Trinajstić information content (AvgIpc) is 1.62. The number of rotatable bonds is 2. The van der Waals surface area contributed by atoms with Crippen LogP contribution in [-0.2, 0) is 0 Å². The summed E-state index contributed by atoms with van der Waals surface area (Å²) in [6, 6.07) is -2.66. The third-order valence-corrected chi connectivity index (χ3v) is 3.73. The molecular weight excluding hydrogens is 182 g/mol. The SMILES string of the molecule is C=CC(=C)[Si](Cl)(Cl)Cl. The lowest BCUT2D eigenvalue weighted by Gasteiger charge is -2.04. The van der Waals surface area contributed by atoms with Gasteiger partial charge in [0.2, 0.25) is 0 Å². The second kappa shape index (κ2) is 2.92. The summed E-state index contributed by atoms with van der Waals surface area (Å²) >= 11 is 16.4. The molecule has 46 valence electrons. The third-order valence-electron chi connectivity index (χ3n) is 0.611. The molecule has 0 spiro atoms. The van der Waals surface area contributed by atoms with Crippen LogP contribution < -0.4 is 0 Å². The minimum absolute atomic E-state index is 0.530. The fourth-order valence-electron chi connectivity index (χ4n) is 0.116. The molecule has 0 atom stereocenters. The van der Waals surface area contributed by atoms with E-state index in [1.165, 1.54) is 6.08 Å². The average molecular weight is 188 g/mol. The van der Waals surface area contributed by atoms with E-state index in [4.69, 9.17) is 33.2 Å². The van der Waals surface area contributed by atoms with Crippen LogP contribution in [0.15, 0.2) is 24.4 Å². The molecular formula is C4H5Cl3Si. The summed E-state index contributed by atoms with van der Waals surface area (Å²) in [4.78, 5) is 0. The number of hydrogen-bond donors (Lipinski definition) is 0. The lowest BCUT2D eigenvalue weighted by molar-refractivity contribution is 2.00. The van der Waals surface area contributed by atoms with Gasteiger partial charge in [-0.25, -0.2) is 0 Å². The predicted molar refractivity (Wildman–Crippen MR) is 42.7 cm³/mol. The monoisotopic (exact) mass is 186 g/mol. The van der Waals surface area contributed by atoms with Crippen LogP contribution in [0.4, 0.5) is 0 Å². The minimum Gasteiger partial charge on any atom is -0.121 e. The summed E-state index contributed by atoms with van der Waals surface area (Å²) in [5, 5.41) is 0.530. The molecule has 0 aromatic carbocycles. The standard InChI is InChI=1S/C4H5Cl3Si/c1-3-4(2)8(5,6)7/h3H,1-2H2. The second-order valence-corrected chi connectivity index (χ2v) is 9.71. The topological polar surface area (TPSA) is 0 Å². The van der Waals surface area contributed by atoms with Crippen LogP contribution in [0, 0.1) is 0 Å². The highest BCUT2D eigenvalue weighted by molar-refractivity contribution is 7.67. The fraction of sp³-hybridized carbons (Fsp3) is 0. The minimum atomic E-state index is -2.66. The molecule has 0 saturated carbocycles. The van der Waals surface area contributed by atoms with Gasteiger partial charge < -0.3 is 0 Å². The van der Waals surface area contributed by atoms with Crippen molar-refractivity contribution in [1.82, 2.24) is 0 Å². The molecule has 0 aromatic heterocycles. The van der Waals surface area contributed by atoms with Gasteiger partial charge in [-0.1, -0.05) is 19.2 Å². The van der Waals surface area contributed by atoms with Crippen LogP contribution in [0.25, 0.3) is 0 Å². The van der Waals surface area contributed by atoms with Crippen molar-refractivity contribution < 1.29 is 0 Å². The first-order valence-electron chi connectivity index (χ1n) is 1.87. The Balaban J connectivity index is 4.02. The summed E-state index contributed by atoms with van der Waals surface area (Å²) in [6.07, 6.45) is 1.47. The summed E-state index contributed by atoms with van der Waals surface area (Å²) in [5.74, 6) is 0. The summed E-state index contributed by atoms with van der Waals surface area (Å²) < 4.78 is 0. The maximum Gasteiger partial charge on any atom is 0.372 e. The number of hydrogen-bond acceptors (Lipinski definition) is 0. The quantitative estimate of drug-likeness (QED) is 0.354. The Bertz CT molecular complexity index is 113. The van der Waals surface area contributed by atoms with E-state index in [0.717, 1.165) is 0 Å². The molecule has 8 heavy (non-hydrogen) atoms. The first-order chi connectivity index (χ1) is 3.48. The first kappa shape index (κ1) is 8.57. The Labute approximate surface area is 63.9 Å². The molecule has 0 saturated heterocycles. The van der Waals surface area contributed by atoms with Crippen LogP contribution >= 0.6 is 33.2 Å². The Morgan fingerprint density at radius 1 is 1.38 bits per heavy atom. The van der Waals surface area contributed by atoms with Crippen molar-refractivity contribution in [3.63, 3.8) is 0 Å². The molecule has 0 radical (unpaired) electrons. The Morgan fingerprint density at radius 2 is 1.75 bits per heavy atom. The van der Waals surface area contributed by atoms with Gasteiger partial charge in [-0.3, -0.25) is 0 Å². The summed E-state index contributed by atoms with van der Waals surface area (Å²) in [6.45, 7) is 6.90. The van der Waals surface area contributed by atoms with Gasteiger partial charge in [0.25, 0.3) is 0 Å². The van der Waals surface area contributed by atoms with Crippen molar-refractivity contribution in [3.8, 4) is 0 Å². The van der Waals surface area contributed by atoms with E-state index in [9.17, 15) is 0 Å². The third kappa shape index (κ3) is 2.77. The normalized spacial score (nSPS) is 10.9. The van der Waals surface area contributed by atoms with E-state index in [1.54, 1.807) is 0 Å². The molecule has 0 nitrogen and oxygen atoms in total. The molecule has 4 heteroatoms. The van der Waals surface area contributed by atoms with Gasteiger partial charge in [0, 0.05) is 0 Å². The maximum absolute atomic E-state index is 5.48. The van der Waals surface area contributed by atoms with Crippen molar-refractivity contribution in [2.45, 2.75) is 0 Å². The Morgan fingerprint density at radius 3 is 1.75 bits per heavy atom. The van der Waals surface area contributed by atoms with Crippen molar-refractivity contribution in [2.24, 2.45) is 0 Å². The van der Waals surface area contributed by atoms with E-state index in [1.807, 2.05) is 0 Å². The lowest BCUT2D eigenvalue weighted by Crippen LogP contribution is -2.10. The van der Waals surface area contributed by atoms with Crippen molar-refractivity contribution in [1.29, 1.82) is 0 Å². The van der Waals surface area contributed by atoms with E-state index < -0.39 is 6.00 Å². The summed E-state index contributed by atoms with van der Waals surface area (Å²) in [7, 11) is 0. The van der Waals surface area contributed by atoms with Gasteiger partial charge in [0.05, 0.1) is 0 Å². The molecule has 0 unspecified atom stereocenters. The molecule has 0 rings (SSSR count). The van der Waals surface area contributed by atoms with Crippen molar-refractivity contribution in [2.75, 3.05) is 0 Å². The van der Waals surface area contributed by atoms with E-state index >= 15 is 0 Å². The predicted octanol–water partition coefficient (Wildman–Crippen LogP) is 2.92. The molecule has 0 aliphatic heterocycles. The Kier molecular flexibility index (Phi) is 3.13. The van der Waals surface area contributed by atoms with Crippen LogP contribution in [0.3, 0.4) is 0 Å². The molecule has 0 aromatic rings. The first-order valence-corrected chi connectivity index (χ1v) is 6.90. The molecule has 0 aliphatic rings. The zero-order valence-electron chi connectivity index (χ0n) is 4.13. The Hall–Kier alpha value is 0.567. The molecule has 0 aliphatic carbocycles.